The molecule has 0 aromatic rings. The molecule has 0 bridgehead atoms. The summed E-state index contributed by atoms with van der Waals surface area (Å²) in [4.78, 5) is 14.5. The number of nitrogens with zero attached hydrogens (tertiary/aromatic N) is 2. The highest BCUT2D eigenvalue weighted by atomic mass is 16.4. The van der Waals surface area contributed by atoms with Gasteiger partial charge in [0.2, 0.25) is 0 Å². The van der Waals surface area contributed by atoms with E-state index in [-0.39, 0.29) is 6.54 Å². The monoisotopic (exact) mass is 188 g/mol. The van der Waals surface area contributed by atoms with Crippen LogP contribution >= 0.6 is 0 Å². The lowest BCUT2D eigenvalue weighted by Gasteiger charge is -2.18. The molecule has 0 saturated heterocycles. The quantitative estimate of drug-likeness (QED) is 0.626. The SMILES string of the molecule is CCN(CCCN(C)C)CC(=O)O. The second-order valence-corrected chi connectivity index (χ2v) is 3.42. The summed E-state index contributed by atoms with van der Waals surface area (Å²) in [5.74, 6) is -0.744. The van der Waals surface area contributed by atoms with Crippen LogP contribution in [0.3, 0.4) is 0 Å². The molecule has 0 aliphatic heterocycles. The number of likely N-dealkylation sites (N-methyl/N-ethyl adjacent to an activating group) is 1. The zero-order valence-electron chi connectivity index (χ0n) is 8.79. The zero-order valence-corrected chi connectivity index (χ0v) is 8.79. The Bertz CT molecular complexity index is 149. The van der Waals surface area contributed by atoms with Gasteiger partial charge in [-0.05, 0) is 40.2 Å². The summed E-state index contributed by atoms with van der Waals surface area (Å²) < 4.78 is 0. The van der Waals surface area contributed by atoms with Gasteiger partial charge in [-0.1, -0.05) is 6.92 Å². The highest BCUT2D eigenvalue weighted by Gasteiger charge is 2.06. The first-order valence-corrected chi connectivity index (χ1v) is 4.65. The van der Waals surface area contributed by atoms with Gasteiger partial charge in [-0.15, -0.1) is 0 Å². The molecule has 0 radical (unpaired) electrons. The summed E-state index contributed by atoms with van der Waals surface area (Å²) in [6.45, 7) is 4.82. The van der Waals surface area contributed by atoms with Crippen molar-refractivity contribution in [3.05, 3.63) is 0 Å². The number of hydrogen-bond acceptors (Lipinski definition) is 3. The molecular weight excluding hydrogens is 168 g/mol. The standard InChI is InChI=1S/C9H20N2O2/c1-4-11(8-9(12)13)7-5-6-10(2)3/h4-8H2,1-3H3,(H,12,13). The van der Waals surface area contributed by atoms with Crippen molar-refractivity contribution in [3.63, 3.8) is 0 Å². The van der Waals surface area contributed by atoms with Gasteiger partial charge in [0.1, 0.15) is 0 Å². The molecule has 4 nitrogen and oxygen atoms in total. The Labute approximate surface area is 80.1 Å². The Morgan fingerprint density at radius 1 is 1.31 bits per heavy atom. The van der Waals surface area contributed by atoms with Crippen molar-refractivity contribution < 1.29 is 9.90 Å². The van der Waals surface area contributed by atoms with Gasteiger partial charge >= 0.3 is 5.97 Å². The normalized spacial score (nSPS) is 11.2. The van der Waals surface area contributed by atoms with Crippen molar-refractivity contribution >= 4 is 5.97 Å². The summed E-state index contributed by atoms with van der Waals surface area (Å²) in [5.41, 5.74) is 0. The summed E-state index contributed by atoms with van der Waals surface area (Å²) in [7, 11) is 4.04. The minimum absolute atomic E-state index is 0.157. The minimum Gasteiger partial charge on any atom is -0.480 e. The van der Waals surface area contributed by atoms with Crippen LogP contribution in [0.15, 0.2) is 0 Å². The van der Waals surface area contributed by atoms with Crippen molar-refractivity contribution in [2.45, 2.75) is 13.3 Å². The average Bonchev–Trinajstić information content (AvgIpc) is 2.01. The Hall–Kier alpha value is -0.610. The fourth-order valence-corrected chi connectivity index (χ4v) is 1.15. The predicted octanol–water partition coefficient (Wildman–Crippen LogP) is 0.345. The molecule has 4 heteroatoms. The first-order chi connectivity index (χ1) is 6.06. The second-order valence-electron chi connectivity index (χ2n) is 3.42. The Morgan fingerprint density at radius 3 is 2.31 bits per heavy atom. The Kier molecular flexibility index (Phi) is 6.54. The van der Waals surface area contributed by atoms with Gasteiger partial charge in [0, 0.05) is 0 Å². The third-order valence-electron chi connectivity index (χ3n) is 1.89. The number of rotatable bonds is 7. The van der Waals surface area contributed by atoms with Crippen LogP contribution in [0.2, 0.25) is 0 Å². The van der Waals surface area contributed by atoms with E-state index >= 15 is 0 Å². The molecule has 0 unspecified atom stereocenters. The summed E-state index contributed by atoms with van der Waals surface area (Å²) in [6.07, 6.45) is 1.02. The lowest BCUT2D eigenvalue weighted by Crippen LogP contribution is -2.32. The van der Waals surface area contributed by atoms with Gasteiger partial charge in [-0.2, -0.15) is 0 Å². The predicted molar refractivity (Wildman–Crippen MR) is 52.9 cm³/mol. The van der Waals surface area contributed by atoms with E-state index in [0.29, 0.717) is 0 Å². The van der Waals surface area contributed by atoms with E-state index in [4.69, 9.17) is 5.11 Å². The van der Waals surface area contributed by atoms with Crippen molar-refractivity contribution in [1.29, 1.82) is 0 Å². The van der Waals surface area contributed by atoms with E-state index in [0.717, 1.165) is 26.1 Å². The van der Waals surface area contributed by atoms with Gasteiger partial charge in [0.05, 0.1) is 6.54 Å². The second kappa shape index (κ2) is 6.86. The molecule has 78 valence electrons. The van der Waals surface area contributed by atoms with Gasteiger partial charge in [-0.25, -0.2) is 0 Å². The van der Waals surface area contributed by atoms with Gasteiger partial charge in [-0.3, -0.25) is 9.69 Å². The lowest BCUT2D eigenvalue weighted by atomic mass is 10.3. The van der Waals surface area contributed by atoms with Gasteiger partial charge in [0.25, 0.3) is 0 Å². The number of carboxylic acid groups (broad SMARTS) is 1. The maximum absolute atomic E-state index is 10.4. The summed E-state index contributed by atoms with van der Waals surface area (Å²) in [6, 6.07) is 0. The van der Waals surface area contributed by atoms with E-state index in [9.17, 15) is 4.79 Å². The molecule has 0 saturated carbocycles. The van der Waals surface area contributed by atoms with E-state index < -0.39 is 5.97 Å². The van der Waals surface area contributed by atoms with E-state index in [1.54, 1.807) is 0 Å². The van der Waals surface area contributed by atoms with Crippen molar-refractivity contribution in [1.82, 2.24) is 9.80 Å². The fourth-order valence-electron chi connectivity index (χ4n) is 1.15. The van der Waals surface area contributed by atoms with E-state index in [2.05, 4.69) is 4.90 Å². The number of carboxylic acids is 1. The van der Waals surface area contributed by atoms with Crippen LogP contribution in [0.25, 0.3) is 0 Å². The molecule has 0 atom stereocenters. The summed E-state index contributed by atoms with van der Waals surface area (Å²) >= 11 is 0. The Balaban J connectivity index is 3.53. The number of hydrogen-bond donors (Lipinski definition) is 1. The molecule has 0 heterocycles. The van der Waals surface area contributed by atoms with Crippen LogP contribution in [-0.2, 0) is 4.79 Å². The minimum atomic E-state index is -0.744. The fraction of sp³-hybridized carbons (Fsp3) is 0.889. The Morgan fingerprint density at radius 2 is 1.92 bits per heavy atom. The zero-order chi connectivity index (χ0) is 10.3. The first-order valence-electron chi connectivity index (χ1n) is 4.65. The highest BCUT2D eigenvalue weighted by Crippen LogP contribution is 1.92. The van der Waals surface area contributed by atoms with Gasteiger partial charge in [0.15, 0.2) is 0 Å². The average molecular weight is 188 g/mol. The third kappa shape index (κ3) is 7.74. The van der Waals surface area contributed by atoms with Crippen LogP contribution in [0.5, 0.6) is 0 Å². The van der Waals surface area contributed by atoms with Crippen LogP contribution < -0.4 is 0 Å². The molecule has 0 amide bonds. The van der Waals surface area contributed by atoms with E-state index in [1.165, 1.54) is 0 Å². The topological polar surface area (TPSA) is 43.8 Å². The maximum atomic E-state index is 10.4. The molecule has 0 fully saturated rings. The van der Waals surface area contributed by atoms with Crippen LogP contribution in [0, 0.1) is 0 Å². The molecule has 13 heavy (non-hydrogen) atoms. The van der Waals surface area contributed by atoms with Crippen LogP contribution in [-0.4, -0.2) is 61.2 Å². The summed E-state index contributed by atoms with van der Waals surface area (Å²) in [5, 5.41) is 8.57. The van der Waals surface area contributed by atoms with Gasteiger partial charge < -0.3 is 10.0 Å². The maximum Gasteiger partial charge on any atom is 0.317 e. The molecule has 0 aromatic carbocycles. The lowest BCUT2D eigenvalue weighted by molar-refractivity contribution is -0.138. The molecular formula is C9H20N2O2. The van der Waals surface area contributed by atoms with Crippen molar-refractivity contribution in [3.8, 4) is 0 Å². The molecule has 0 aliphatic rings. The van der Waals surface area contributed by atoms with Crippen LogP contribution in [0.1, 0.15) is 13.3 Å². The molecule has 0 spiro atoms. The third-order valence-corrected chi connectivity index (χ3v) is 1.89. The highest BCUT2D eigenvalue weighted by molar-refractivity contribution is 5.69. The molecule has 0 rings (SSSR count). The number of carbonyl (C=O) groups is 1. The smallest absolute Gasteiger partial charge is 0.317 e. The van der Waals surface area contributed by atoms with Crippen LogP contribution in [0.4, 0.5) is 0 Å². The van der Waals surface area contributed by atoms with Crippen molar-refractivity contribution in [2.24, 2.45) is 0 Å². The largest absolute Gasteiger partial charge is 0.480 e. The van der Waals surface area contributed by atoms with E-state index in [1.807, 2.05) is 25.9 Å². The molecule has 0 aromatic heterocycles. The molecule has 0 aliphatic carbocycles. The molecule has 1 N–H and O–H groups in total. The first kappa shape index (κ1) is 12.4. The van der Waals surface area contributed by atoms with Crippen molar-refractivity contribution in [2.75, 3.05) is 40.3 Å². The number of aliphatic carboxylic acids is 1.